The van der Waals surface area contributed by atoms with Crippen molar-refractivity contribution >= 4 is 22.7 Å². The fourth-order valence-corrected chi connectivity index (χ4v) is 4.89. The third-order valence-electron chi connectivity index (χ3n) is 7.52. The van der Waals surface area contributed by atoms with Crippen LogP contribution in [0.4, 0.5) is 0 Å². The quantitative estimate of drug-likeness (QED) is 0.301. The molecule has 4 rings (SSSR count). The summed E-state index contributed by atoms with van der Waals surface area (Å²) in [6, 6.07) is 12.6. The molecule has 1 aliphatic rings. The minimum absolute atomic E-state index is 0.156. The Hall–Kier alpha value is -3.41. The van der Waals surface area contributed by atoms with E-state index in [0.29, 0.717) is 28.5 Å². The van der Waals surface area contributed by atoms with Gasteiger partial charge >= 0.3 is 5.97 Å². The Morgan fingerprint density at radius 3 is 2.57 bits per heavy atom. The van der Waals surface area contributed by atoms with Crippen molar-refractivity contribution in [3.05, 3.63) is 64.8 Å². The number of hydrogen-bond donors (Lipinski definition) is 0. The SMILES string of the molecule is CCC(C)(C)C1CCc2nc3ccccc3c(C(=O)OCC(=O)c3cc(OC)ccc3OC)c2C1. The van der Waals surface area contributed by atoms with Crippen molar-refractivity contribution in [2.75, 3.05) is 20.8 Å². The predicted molar refractivity (Wildman–Crippen MR) is 135 cm³/mol. The molecule has 1 atom stereocenters. The van der Waals surface area contributed by atoms with Gasteiger partial charge in [-0.25, -0.2) is 4.79 Å². The van der Waals surface area contributed by atoms with Crippen molar-refractivity contribution in [3.8, 4) is 11.5 Å². The van der Waals surface area contributed by atoms with Crippen LogP contribution in [0.3, 0.4) is 0 Å². The van der Waals surface area contributed by atoms with Crippen LogP contribution >= 0.6 is 0 Å². The van der Waals surface area contributed by atoms with E-state index in [2.05, 4.69) is 20.8 Å². The van der Waals surface area contributed by atoms with E-state index in [-0.39, 0.29) is 11.2 Å². The Kier molecular flexibility index (Phi) is 7.10. The van der Waals surface area contributed by atoms with Crippen LogP contribution in [0.2, 0.25) is 0 Å². The number of para-hydroxylation sites is 1. The fraction of sp³-hybridized carbons (Fsp3) is 0.414. The van der Waals surface area contributed by atoms with Gasteiger partial charge in [0.25, 0.3) is 0 Å². The molecule has 6 nitrogen and oxygen atoms in total. The molecule has 0 N–H and O–H groups in total. The molecular weight excluding hydrogens is 442 g/mol. The summed E-state index contributed by atoms with van der Waals surface area (Å²) in [4.78, 5) is 31.4. The molecule has 0 spiro atoms. The van der Waals surface area contributed by atoms with Gasteiger partial charge in [-0.15, -0.1) is 0 Å². The van der Waals surface area contributed by atoms with Crippen molar-refractivity contribution in [1.82, 2.24) is 4.98 Å². The summed E-state index contributed by atoms with van der Waals surface area (Å²) in [6.45, 7) is 6.39. The van der Waals surface area contributed by atoms with Crippen molar-refractivity contribution in [3.63, 3.8) is 0 Å². The maximum absolute atomic E-state index is 13.5. The van der Waals surface area contributed by atoms with Crippen molar-refractivity contribution in [2.45, 2.75) is 46.5 Å². The van der Waals surface area contributed by atoms with Gasteiger partial charge in [0.2, 0.25) is 5.78 Å². The lowest BCUT2D eigenvalue weighted by molar-refractivity contribution is 0.0473. The molecule has 0 aliphatic heterocycles. The first-order valence-corrected chi connectivity index (χ1v) is 12.1. The lowest BCUT2D eigenvalue weighted by atomic mass is 9.68. The molecule has 0 amide bonds. The first-order chi connectivity index (χ1) is 16.8. The molecule has 1 aromatic heterocycles. The average Bonchev–Trinajstić information content (AvgIpc) is 2.89. The zero-order valence-corrected chi connectivity index (χ0v) is 21.1. The summed E-state index contributed by atoms with van der Waals surface area (Å²) in [5.41, 5.74) is 3.69. The molecule has 1 aliphatic carbocycles. The monoisotopic (exact) mass is 475 g/mol. The largest absolute Gasteiger partial charge is 0.497 e. The van der Waals surface area contributed by atoms with E-state index < -0.39 is 12.6 Å². The van der Waals surface area contributed by atoms with Crippen molar-refractivity contribution in [1.29, 1.82) is 0 Å². The van der Waals surface area contributed by atoms with Gasteiger partial charge in [-0.2, -0.15) is 0 Å². The maximum Gasteiger partial charge on any atom is 0.339 e. The number of ketones is 1. The Balaban J connectivity index is 1.66. The molecule has 0 radical (unpaired) electrons. The molecule has 184 valence electrons. The molecule has 0 saturated carbocycles. The number of carbonyl (C=O) groups is 2. The number of nitrogens with zero attached hydrogens (tertiary/aromatic N) is 1. The second-order valence-corrected chi connectivity index (χ2v) is 9.78. The lowest BCUT2D eigenvalue weighted by Crippen LogP contribution is -2.31. The van der Waals surface area contributed by atoms with Crippen LogP contribution in [-0.4, -0.2) is 37.6 Å². The van der Waals surface area contributed by atoms with Crippen molar-refractivity contribution < 1.29 is 23.8 Å². The molecular formula is C29H33NO5. The second-order valence-electron chi connectivity index (χ2n) is 9.78. The number of ether oxygens (including phenoxy) is 3. The second kappa shape index (κ2) is 10.1. The van der Waals surface area contributed by atoms with Gasteiger partial charge in [-0.05, 0) is 60.4 Å². The Morgan fingerprint density at radius 1 is 1.09 bits per heavy atom. The molecule has 0 fully saturated rings. The molecule has 0 saturated heterocycles. The number of fused-ring (bicyclic) bond motifs is 2. The Morgan fingerprint density at radius 2 is 1.86 bits per heavy atom. The number of hydrogen-bond acceptors (Lipinski definition) is 6. The fourth-order valence-electron chi connectivity index (χ4n) is 4.89. The number of pyridine rings is 1. The minimum atomic E-state index is -0.495. The number of esters is 1. The molecule has 6 heteroatoms. The van der Waals surface area contributed by atoms with Crippen LogP contribution in [0.5, 0.6) is 11.5 Å². The van der Waals surface area contributed by atoms with E-state index in [1.165, 1.54) is 14.2 Å². The number of methoxy groups -OCH3 is 2. The van der Waals surface area contributed by atoms with E-state index in [0.717, 1.165) is 47.8 Å². The number of benzene rings is 2. The zero-order valence-electron chi connectivity index (χ0n) is 21.1. The van der Waals surface area contributed by atoms with Gasteiger partial charge in [0, 0.05) is 11.1 Å². The smallest absolute Gasteiger partial charge is 0.339 e. The summed E-state index contributed by atoms with van der Waals surface area (Å²) < 4.78 is 16.2. The first kappa shape index (κ1) is 24.7. The third kappa shape index (κ3) is 4.88. The lowest BCUT2D eigenvalue weighted by Gasteiger charge is -2.37. The van der Waals surface area contributed by atoms with Gasteiger partial charge in [0.15, 0.2) is 6.61 Å². The van der Waals surface area contributed by atoms with Gasteiger partial charge in [0.05, 0.1) is 30.9 Å². The van der Waals surface area contributed by atoms with Crippen LogP contribution in [0.1, 0.15) is 65.6 Å². The van der Waals surface area contributed by atoms with Gasteiger partial charge in [-0.3, -0.25) is 9.78 Å². The van der Waals surface area contributed by atoms with E-state index >= 15 is 0 Å². The highest BCUT2D eigenvalue weighted by Gasteiger charge is 2.34. The summed E-state index contributed by atoms with van der Waals surface area (Å²) >= 11 is 0. The molecule has 2 aromatic carbocycles. The number of carbonyl (C=O) groups excluding carboxylic acids is 2. The zero-order chi connectivity index (χ0) is 25.2. The van der Waals surface area contributed by atoms with Gasteiger partial charge in [-0.1, -0.05) is 45.4 Å². The molecule has 1 heterocycles. The van der Waals surface area contributed by atoms with Gasteiger partial charge in [0.1, 0.15) is 11.5 Å². The van der Waals surface area contributed by atoms with Gasteiger partial charge < -0.3 is 14.2 Å². The number of rotatable bonds is 8. The van der Waals surface area contributed by atoms with E-state index in [1.54, 1.807) is 18.2 Å². The minimum Gasteiger partial charge on any atom is -0.497 e. The summed E-state index contributed by atoms with van der Waals surface area (Å²) in [7, 11) is 3.02. The summed E-state index contributed by atoms with van der Waals surface area (Å²) in [6.07, 6.45) is 3.71. The predicted octanol–water partition coefficient (Wildman–Crippen LogP) is 5.83. The van der Waals surface area contributed by atoms with Crippen LogP contribution < -0.4 is 9.47 Å². The standard InChI is InChI=1S/C29H33NO5/c1-6-29(2,3)18-11-13-24-21(15-18)27(20-9-7-8-10-23(20)30-24)28(32)35-17-25(31)22-16-19(33-4)12-14-26(22)34-5/h7-10,12,14,16,18H,6,11,13,15,17H2,1-5H3. The topological polar surface area (TPSA) is 74.7 Å². The Labute approximate surface area is 206 Å². The maximum atomic E-state index is 13.5. The third-order valence-corrected chi connectivity index (χ3v) is 7.52. The van der Waals surface area contributed by atoms with Crippen LogP contribution in [0.15, 0.2) is 42.5 Å². The van der Waals surface area contributed by atoms with Crippen LogP contribution in [0.25, 0.3) is 10.9 Å². The highest BCUT2D eigenvalue weighted by molar-refractivity contribution is 6.07. The molecule has 3 aromatic rings. The van der Waals surface area contributed by atoms with Crippen molar-refractivity contribution in [2.24, 2.45) is 11.3 Å². The highest BCUT2D eigenvalue weighted by atomic mass is 16.5. The normalized spacial score (nSPS) is 15.4. The van der Waals surface area contributed by atoms with E-state index in [9.17, 15) is 9.59 Å². The Bertz CT molecular complexity index is 1260. The summed E-state index contributed by atoms with van der Waals surface area (Å²) in [5.74, 6) is 0.524. The van der Waals surface area contributed by atoms with Crippen LogP contribution in [0, 0.1) is 11.3 Å². The molecule has 0 bridgehead atoms. The highest BCUT2D eigenvalue weighted by Crippen LogP contribution is 2.41. The number of aryl methyl sites for hydroxylation is 1. The molecule has 1 unspecified atom stereocenters. The molecule has 35 heavy (non-hydrogen) atoms. The number of aromatic nitrogens is 1. The average molecular weight is 476 g/mol. The van der Waals surface area contributed by atoms with E-state index in [4.69, 9.17) is 19.2 Å². The van der Waals surface area contributed by atoms with Crippen LogP contribution in [-0.2, 0) is 17.6 Å². The summed E-state index contributed by atoms with van der Waals surface area (Å²) in [5, 5.41) is 0.762. The first-order valence-electron chi connectivity index (χ1n) is 12.1. The van der Waals surface area contributed by atoms with E-state index in [1.807, 2.05) is 24.3 Å². The number of Topliss-reactive ketones (excluding diaryl/α,β-unsaturated/α-hetero) is 1.